The molecule has 0 aliphatic carbocycles. The van der Waals surface area contributed by atoms with E-state index in [1.807, 2.05) is 30.3 Å². The lowest BCUT2D eigenvalue weighted by molar-refractivity contribution is -0.114. The fraction of sp³-hybridized carbons (Fsp3) is 0.0667. The molecule has 2 aromatic carbocycles. The van der Waals surface area contributed by atoms with Gasteiger partial charge in [0.25, 0.3) is 0 Å². The first kappa shape index (κ1) is 14.5. The summed E-state index contributed by atoms with van der Waals surface area (Å²) in [7, 11) is 0. The van der Waals surface area contributed by atoms with Gasteiger partial charge in [0.2, 0.25) is 11.8 Å². The highest BCUT2D eigenvalue weighted by molar-refractivity contribution is 5.97. The second kappa shape index (κ2) is 6.51. The highest BCUT2D eigenvalue weighted by atomic mass is 19.1. The molecule has 0 aliphatic heterocycles. The summed E-state index contributed by atoms with van der Waals surface area (Å²) < 4.78 is 13.6. The van der Waals surface area contributed by atoms with E-state index in [-0.39, 0.29) is 17.8 Å². The number of carbonyl (C=O) groups is 2. The van der Waals surface area contributed by atoms with E-state index >= 15 is 0 Å². The molecule has 0 saturated heterocycles. The first-order chi connectivity index (χ1) is 10.1. The Morgan fingerprint density at radius 1 is 1.10 bits per heavy atom. The van der Waals surface area contributed by atoms with Crippen molar-refractivity contribution in [1.29, 1.82) is 0 Å². The molecule has 0 aliphatic rings. The smallest absolute Gasteiger partial charge is 0.248 e. The minimum atomic E-state index is -0.687. The van der Waals surface area contributed by atoms with E-state index in [0.29, 0.717) is 0 Å². The van der Waals surface area contributed by atoms with Crippen LogP contribution in [0, 0.1) is 5.82 Å². The molecule has 2 amide bonds. The van der Waals surface area contributed by atoms with Crippen molar-refractivity contribution in [3.8, 4) is 0 Å². The number of benzene rings is 2. The van der Waals surface area contributed by atoms with Gasteiger partial charge in [-0.1, -0.05) is 18.2 Å². The predicted octanol–water partition coefficient (Wildman–Crippen LogP) is 1.98. The first-order valence-corrected chi connectivity index (χ1v) is 6.24. The minimum Gasteiger partial charge on any atom is -0.376 e. The number of hydrogen-bond donors (Lipinski definition) is 3. The molecule has 0 aromatic heterocycles. The summed E-state index contributed by atoms with van der Waals surface area (Å²) >= 11 is 0. The van der Waals surface area contributed by atoms with Crippen molar-refractivity contribution in [3.05, 3.63) is 59.9 Å². The van der Waals surface area contributed by atoms with Crippen LogP contribution in [0.2, 0.25) is 0 Å². The van der Waals surface area contributed by atoms with Crippen LogP contribution in [0.4, 0.5) is 15.8 Å². The maximum atomic E-state index is 13.6. The standard InChI is InChI=1S/C15H14FN3O2/c16-12-7-6-10(15(17)21)8-13(12)19-14(20)9-18-11-4-2-1-3-5-11/h1-8,18H,9H2,(H2,17,21)(H,19,20). The van der Waals surface area contributed by atoms with Crippen LogP contribution < -0.4 is 16.4 Å². The Morgan fingerprint density at radius 2 is 1.81 bits per heavy atom. The van der Waals surface area contributed by atoms with Crippen LogP contribution in [-0.4, -0.2) is 18.4 Å². The number of hydrogen-bond acceptors (Lipinski definition) is 3. The van der Waals surface area contributed by atoms with Gasteiger partial charge in [0.15, 0.2) is 0 Å². The third kappa shape index (κ3) is 4.04. The van der Waals surface area contributed by atoms with Crippen LogP contribution in [0.1, 0.15) is 10.4 Å². The van der Waals surface area contributed by atoms with Gasteiger partial charge in [-0.15, -0.1) is 0 Å². The van der Waals surface area contributed by atoms with Crippen molar-refractivity contribution in [2.45, 2.75) is 0 Å². The Kier molecular flexibility index (Phi) is 4.50. The molecular formula is C15H14FN3O2. The maximum Gasteiger partial charge on any atom is 0.248 e. The van der Waals surface area contributed by atoms with E-state index in [9.17, 15) is 14.0 Å². The van der Waals surface area contributed by atoms with Crippen LogP contribution in [0.25, 0.3) is 0 Å². The molecule has 108 valence electrons. The lowest BCUT2D eigenvalue weighted by Crippen LogP contribution is -2.22. The molecule has 0 saturated carbocycles. The molecule has 4 N–H and O–H groups in total. The number of anilines is 2. The predicted molar refractivity (Wildman–Crippen MR) is 78.5 cm³/mol. The fourth-order valence-corrected chi connectivity index (χ4v) is 1.71. The zero-order valence-electron chi connectivity index (χ0n) is 11.1. The van der Waals surface area contributed by atoms with Crippen LogP contribution in [0.5, 0.6) is 0 Å². The highest BCUT2D eigenvalue weighted by Crippen LogP contribution is 2.16. The number of amides is 2. The van der Waals surface area contributed by atoms with E-state index < -0.39 is 17.6 Å². The van der Waals surface area contributed by atoms with Gasteiger partial charge >= 0.3 is 0 Å². The van der Waals surface area contributed by atoms with Gasteiger partial charge in [-0.25, -0.2) is 4.39 Å². The molecule has 0 bridgehead atoms. The van der Waals surface area contributed by atoms with Gasteiger partial charge in [0.1, 0.15) is 5.82 Å². The summed E-state index contributed by atoms with van der Waals surface area (Å²) in [4.78, 5) is 22.8. The molecule has 0 fully saturated rings. The lowest BCUT2D eigenvalue weighted by Gasteiger charge is -2.09. The Hall–Kier alpha value is -2.89. The molecule has 6 heteroatoms. The molecule has 0 unspecified atom stereocenters. The summed E-state index contributed by atoms with van der Waals surface area (Å²) in [6.45, 7) is -0.0236. The van der Waals surface area contributed by atoms with E-state index in [0.717, 1.165) is 11.8 Å². The van der Waals surface area contributed by atoms with Crippen LogP contribution >= 0.6 is 0 Å². The quantitative estimate of drug-likeness (QED) is 0.786. The summed E-state index contributed by atoms with van der Waals surface area (Å²) in [5.41, 5.74) is 5.94. The van der Waals surface area contributed by atoms with Crippen molar-refractivity contribution >= 4 is 23.2 Å². The van der Waals surface area contributed by atoms with Gasteiger partial charge in [-0.3, -0.25) is 9.59 Å². The maximum absolute atomic E-state index is 13.6. The largest absolute Gasteiger partial charge is 0.376 e. The molecule has 2 rings (SSSR count). The Balaban J connectivity index is 1.99. The average Bonchev–Trinajstić information content (AvgIpc) is 2.48. The second-order valence-corrected chi connectivity index (χ2v) is 4.33. The van der Waals surface area contributed by atoms with Crippen LogP contribution in [0.3, 0.4) is 0 Å². The summed E-state index contributed by atoms with van der Waals surface area (Å²) in [5, 5.41) is 5.29. The molecule has 21 heavy (non-hydrogen) atoms. The first-order valence-electron chi connectivity index (χ1n) is 6.24. The number of rotatable bonds is 5. The van der Waals surface area contributed by atoms with Gasteiger partial charge < -0.3 is 16.4 Å². The van der Waals surface area contributed by atoms with Crippen molar-refractivity contribution in [3.63, 3.8) is 0 Å². The minimum absolute atomic E-state index is 0.0236. The van der Waals surface area contributed by atoms with E-state index in [1.165, 1.54) is 12.1 Å². The normalized spacial score (nSPS) is 9.95. The number of para-hydroxylation sites is 1. The highest BCUT2D eigenvalue weighted by Gasteiger charge is 2.10. The van der Waals surface area contributed by atoms with Crippen molar-refractivity contribution < 1.29 is 14.0 Å². The second-order valence-electron chi connectivity index (χ2n) is 4.33. The van der Waals surface area contributed by atoms with Gasteiger partial charge in [-0.05, 0) is 30.3 Å². The Morgan fingerprint density at radius 3 is 2.48 bits per heavy atom. The van der Waals surface area contributed by atoms with E-state index in [2.05, 4.69) is 10.6 Å². The number of carbonyl (C=O) groups excluding carboxylic acids is 2. The fourth-order valence-electron chi connectivity index (χ4n) is 1.71. The van der Waals surface area contributed by atoms with Crippen molar-refractivity contribution in [2.24, 2.45) is 5.73 Å². The number of halogens is 1. The SMILES string of the molecule is NC(=O)c1ccc(F)c(NC(=O)CNc2ccccc2)c1. The molecule has 2 aromatic rings. The van der Waals surface area contributed by atoms with Crippen molar-refractivity contribution in [1.82, 2.24) is 0 Å². The van der Waals surface area contributed by atoms with Gasteiger partial charge in [0, 0.05) is 11.3 Å². The lowest BCUT2D eigenvalue weighted by atomic mass is 10.2. The topological polar surface area (TPSA) is 84.2 Å². The Bertz CT molecular complexity index is 659. The number of primary amides is 1. The average molecular weight is 287 g/mol. The number of nitrogens with one attached hydrogen (secondary N) is 2. The van der Waals surface area contributed by atoms with Gasteiger partial charge in [-0.2, -0.15) is 0 Å². The van der Waals surface area contributed by atoms with Crippen molar-refractivity contribution in [2.75, 3.05) is 17.2 Å². The zero-order chi connectivity index (χ0) is 15.2. The molecule has 0 heterocycles. The van der Waals surface area contributed by atoms with Gasteiger partial charge in [0.05, 0.1) is 12.2 Å². The summed E-state index contributed by atoms with van der Waals surface area (Å²) in [6, 6.07) is 12.7. The third-order valence-corrected chi connectivity index (χ3v) is 2.75. The molecule has 0 radical (unpaired) electrons. The summed E-state index contributed by atoms with van der Waals surface area (Å²) in [6.07, 6.45) is 0. The van der Waals surface area contributed by atoms with Crippen LogP contribution in [0.15, 0.2) is 48.5 Å². The zero-order valence-corrected chi connectivity index (χ0v) is 11.1. The third-order valence-electron chi connectivity index (χ3n) is 2.75. The Labute approximate surface area is 121 Å². The molecule has 0 atom stereocenters. The summed E-state index contributed by atoms with van der Waals surface area (Å²) in [5.74, 6) is -1.75. The molecule has 5 nitrogen and oxygen atoms in total. The monoisotopic (exact) mass is 287 g/mol. The van der Waals surface area contributed by atoms with E-state index in [1.54, 1.807) is 0 Å². The molecular weight excluding hydrogens is 273 g/mol. The van der Waals surface area contributed by atoms with Crippen LogP contribution in [-0.2, 0) is 4.79 Å². The van der Waals surface area contributed by atoms with E-state index in [4.69, 9.17) is 5.73 Å². The number of nitrogens with two attached hydrogens (primary N) is 1. The molecule has 0 spiro atoms.